The Morgan fingerprint density at radius 2 is 1.78 bits per heavy atom. The van der Waals surface area contributed by atoms with Gasteiger partial charge in [0.2, 0.25) is 10.0 Å². The summed E-state index contributed by atoms with van der Waals surface area (Å²) in [5.74, 6) is -0.439. The van der Waals surface area contributed by atoms with Crippen LogP contribution in [0.4, 0.5) is 14.9 Å². The van der Waals surface area contributed by atoms with Crippen molar-refractivity contribution >= 4 is 21.7 Å². The summed E-state index contributed by atoms with van der Waals surface area (Å²) in [5, 5.41) is 1.58. The number of sulfonamides is 1. The average Bonchev–Trinajstić information content (AvgIpc) is 2.20. The molecule has 1 rings (SSSR count). The zero-order valence-electron chi connectivity index (χ0n) is 11.4. The van der Waals surface area contributed by atoms with Crippen LogP contribution in [0.2, 0.25) is 0 Å². The second-order valence-corrected chi connectivity index (χ2v) is 5.89. The molecule has 0 aliphatic rings. The van der Waals surface area contributed by atoms with Gasteiger partial charge in [-0.05, 0) is 38.1 Å². The van der Waals surface area contributed by atoms with Gasteiger partial charge in [-0.3, -0.25) is 0 Å². The van der Waals surface area contributed by atoms with Crippen molar-refractivity contribution in [1.82, 2.24) is 4.72 Å². The number of halogens is 1. The number of hydrogen-bond donors (Lipinski definition) is 2. The van der Waals surface area contributed by atoms with Gasteiger partial charge in [-0.25, -0.2) is 22.3 Å². The van der Waals surface area contributed by atoms with E-state index in [2.05, 4.69) is 5.32 Å². The fraction of sp³-hybridized carbons (Fsp3) is 0.300. The topological polar surface area (TPSA) is 75.3 Å². The third kappa shape index (κ3) is 5.34. The summed E-state index contributed by atoms with van der Waals surface area (Å²) in [4.78, 5) is 11.3. The Morgan fingerprint density at radius 1 is 1.28 bits per heavy atom. The molecule has 0 aromatic heterocycles. The minimum absolute atomic E-state index is 0. The number of hydrogen-bond acceptors (Lipinski definition) is 3. The maximum absolute atomic E-state index is 12.6. The Morgan fingerprint density at radius 3 is 2.22 bits per heavy atom. The molecule has 0 fully saturated rings. The van der Waals surface area contributed by atoms with E-state index in [9.17, 15) is 17.6 Å². The molecular formula is C10H14FN2NaO3S. The number of anilines is 1. The molecule has 2 amide bonds. The van der Waals surface area contributed by atoms with Crippen LogP contribution in [0.5, 0.6) is 0 Å². The summed E-state index contributed by atoms with van der Waals surface area (Å²) in [6, 6.07) is 4.11. The molecule has 0 bridgehead atoms. The molecule has 0 radical (unpaired) electrons. The summed E-state index contributed by atoms with van der Waals surface area (Å²) >= 11 is 0. The number of carbonyl (C=O) groups is 1. The van der Waals surface area contributed by atoms with Gasteiger partial charge in [0.05, 0.1) is 5.25 Å². The van der Waals surface area contributed by atoms with Crippen molar-refractivity contribution in [3.05, 3.63) is 30.1 Å². The third-order valence-electron chi connectivity index (χ3n) is 1.96. The molecule has 0 aliphatic carbocycles. The Hall–Kier alpha value is -0.630. The van der Waals surface area contributed by atoms with Crippen LogP contribution in [0.25, 0.3) is 0 Å². The SMILES string of the molecule is CC(C)S(=O)(=O)NC(=O)Nc1ccc(F)cc1.[H-].[Na+]. The van der Waals surface area contributed by atoms with E-state index in [1.54, 1.807) is 0 Å². The van der Waals surface area contributed by atoms with Crippen molar-refractivity contribution < 1.29 is 48.6 Å². The number of nitrogens with one attached hydrogen (secondary N) is 2. The van der Waals surface area contributed by atoms with Gasteiger partial charge in [0.15, 0.2) is 0 Å². The van der Waals surface area contributed by atoms with E-state index in [0.29, 0.717) is 5.69 Å². The number of carbonyl (C=O) groups excluding carboxylic acids is 1. The second-order valence-electron chi connectivity index (χ2n) is 3.66. The molecule has 0 unspecified atom stereocenters. The largest absolute Gasteiger partial charge is 1.00 e. The Labute approximate surface area is 129 Å². The monoisotopic (exact) mass is 284 g/mol. The van der Waals surface area contributed by atoms with Gasteiger partial charge >= 0.3 is 35.6 Å². The van der Waals surface area contributed by atoms with Crippen molar-refractivity contribution in [2.24, 2.45) is 0 Å². The van der Waals surface area contributed by atoms with Gasteiger partial charge < -0.3 is 6.74 Å². The number of benzene rings is 1. The smallest absolute Gasteiger partial charge is 1.00 e. The number of amides is 2. The first kappa shape index (κ1) is 17.4. The molecule has 0 atom stereocenters. The van der Waals surface area contributed by atoms with Crippen LogP contribution < -0.4 is 39.6 Å². The standard InChI is InChI=1S/C10H13FN2O3S.Na.H/c1-7(2)17(15,16)13-10(14)12-9-5-3-8(11)4-6-9;;/h3-7H,1-2H3,(H2,12,13,14);;/q;+1;-1. The summed E-state index contributed by atoms with van der Waals surface area (Å²) in [5.41, 5.74) is 0.308. The van der Waals surface area contributed by atoms with Crippen LogP contribution in [-0.4, -0.2) is 19.7 Å². The normalized spacial score (nSPS) is 10.7. The molecule has 5 nitrogen and oxygen atoms in total. The van der Waals surface area contributed by atoms with Crippen molar-refractivity contribution in [3.63, 3.8) is 0 Å². The molecule has 8 heteroatoms. The van der Waals surface area contributed by atoms with Gasteiger partial charge in [0.1, 0.15) is 5.82 Å². The number of rotatable bonds is 3. The minimum atomic E-state index is -3.66. The van der Waals surface area contributed by atoms with Crippen molar-refractivity contribution in [2.75, 3.05) is 5.32 Å². The fourth-order valence-electron chi connectivity index (χ4n) is 0.937. The average molecular weight is 284 g/mol. The van der Waals surface area contributed by atoms with E-state index >= 15 is 0 Å². The van der Waals surface area contributed by atoms with Crippen LogP contribution in [0.1, 0.15) is 15.3 Å². The quantitative estimate of drug-likeness (QED) is 0.685. The molecule has 1 aromatic rings. The van der Waals surface area contributed by atoms with Gasteiger partial charge in [-0.15, -0.1) is 0 Å². The maximum Gasteiger partial charge on any atom is 1.00 e. The van der Waals surface area contributed by atoms with E-state index < -0.39 is 27.1 Å². The van der Waals surface area contributed by atoms with E-state index in [0.717, 1.165) is 12.1 Å². The molecule has 1 aromatic carbocycles. The molecule has 96 valence electrons. The van der Waals surface area contributed by atoms with Crippen molar-refractivity contribution in [3.8, 4) is 0 Å². The van der Waals surface area contributed by atoms with E-state index in [1.165, 1.54) is 26.0 Å². The predicted molar refractivity (Wildman–Crippen MR) is 63.7 cm³/mol. The molecule has 0 heterocycles. The first-order valence-corrected chi connectivity index (χ1v) is 6.44. The van der Waals surface area contributed by atoms with E-state index in [-0.39, 0.29) is 31.0 Å². The molecular weight excluding hydrogens is 270 g/mol. The summed E-state index contributed by atoms with van der Waals surface area (Å²) in [6.45, 7) is 2.90. The summed E-state index contributed by atoms with van der Waals surface area (Å²) in [6.07, 6.45) is 0. The van der Waals surface area contributed by atoms with Crippen molar-refractivity contribution in [1.29, 1.82) is 0 Å². The maximum atomic E-state index is 12.6. The summed E-state index contributed by atoms with van der Waals surface area (Å²) < 4.78 is 37.1. The predicted octanol–water partition coefficient (Wildman–Crippen LogP) is -1.20. The first-order valence-electron chi connectivity index (χ1n) is 4.89. The van der Waals surface area contributed by atoms with Crippen LogP contribution in [-0.2, 0) is 10.0 Å². The van der Waals surface area contributed by atoms with Crippen LogP contribution in [0.15, 0.2) is 24.3 Å². The molecule has 0 spiro atoms. The first-order chi connectivity index (χ1) is 7.81. The molecule has 0 aliphatic heterocycles. The van der Waals surface area contributed by atoms with Gasteiger partial charge in [-0.2, -0.15) is 0 Å². The summed E-state index contributed by atoms with van der Waals surface area (Å²) in [7, 11) is -3.66. The molecule has 2 N–H and O–H groups in total. The van der Waals surface area contributed by atoms with Crippen molar-refractivity contribution in [2.45, 2.75) is 19.1 Å². The Bertz CT molecular complexity index is 508. The third-order valence-corrected chi connectivity index (χ3v) is 3.67. The van der Waals surface area contributed by atoms with Crippen LogP contribution >= 0.6 is 0 Å². The molecule has 18 heavy (non-hydrogen) atoms. The van der Waals surface area contributed by atoms with Gasteiger partial charge in [0.25, 0.3) is 0 Å². The van der Waals surface area contributed by atoms with E-state index in [1.807, 2.05) is 4.72 Å². The number of urea groups is 1. The Balaban J connectivity index is 0. The second kappa shape index (κ2) is 7.08. The van der Waals surface area contributed by atoms with E-state index in [4.69, 9.17) is 0 Å². The van der Waals surface area contributed by atoms with Crippen LogP contribution in [0, 0.1) is 5.82 Å². The fourth-order valence-corrected chi connectivity index (χ4v) is 1.48. The zero-order valence-corrected chi connectivity index (χ0v) is 13.2. The molecule has 0 saturated heterocycles. The minimum Gasteiger partial charge on any atom is -1.00 e. The molecule has 0 saturated carbocycles. The van der Waals surface area contributed by atoms with Crippen LogP contribution in [0.3, 0.4) is 0 Å². The van der Waals surface area contributed by atoms with Gasteiger partial charge in [-0.1, -0.05) is 0 Å². The Kier molecular flexibility index (Phi) is 6.83. The zero-order chi connectivity index (χ0) is 13.1. The van der Waals surface area contributed by atoms with Gasteiger partial charge in [0, 0.05) is 5.69 Å².